The molecular weight excluding hydrogens is 287 g/mol. The molecule has 0 bridgehead atoms. The van der Waals surface area contributed by atoms with E-state index in [1.54, 1.807) is 6.07 Å². The molecule has 0 aliphatic heterocycles. The standard InChI is InChI=1S/C15H11ClF3N/c16-10-2-1-8-4-11(5-9(8)3-10)20-15-7-13(18)12(17)6-14(15)19/h1-3,6-7,11,20H,4-5H2. The first-order valence-corrected chi connectivity index (χ1v) is 6.59. The summed E-state index contributed by atoms with van der Waals surface area (Å²) in [7, 11) is 0. The van der Waals surface area contributed by atoms with Crippen LogP contribution in [0, 0.1) is 17.5 Å². The lowest BCUT2D eigenvalue weighted by molar-refractivity contribution is 0.495. The minimum Gasteiger partial charge on any atom is -0.379 e. The summed E-state index contributed by atoms with van der Waals surface area (Å²) in [6.45, 7) is 0. The van der Waals surface area contributed by atoms with Crippen LogP contribution in [0.15, 0.2) is 30.3 Å². The lowest BCUT2D eigenvalue weighted by Crippen LogP contribution is -2.20. The van der Waals surface area contributed by atoms with Gasteiger partial charge in [-0.15, -0.1) is 0 Å². The van der Waals surface area contributed by atoms with Gasteiger partial charge in [-0.2, -0.15) is 0 Å². The highest BCUT2D eigenvalue weighted by Gasteiger charge is 2.22. The molecule has 0 fully saturated rings. The molecule has 0 saturated heterocycles. The number of benzene rings is 2. The number of nitrogens with one attached hydrogen (secondary N) is 1. The van der Waals surface area contributed by atoms with Gasteiger partial charge in [0.2, 0.25) is 0 Å². The highest BCUT2D eigenvalue weighted by molar-refractivity contribution is 6.30. The summed E-state index contributed by atoms with van der Waals surface area (Å²) < 4.78 is 39.6. The molecule has 1 unspecified atom stereocenters. The third-order valence-electron chi connectivity index (χ3n) is 3.47. The SMILES string of the molecule is Fc1cc(F)c(NC2Cc3ccc(Cl)cc3C2)cc1F. The Morgan fingerprint density at radius 2 is 1.60 bits per heavy atom. The molecule has 3 rings (SSSR count). The van der Waals surface area contributed by atoms with Gasteiger partial charge in [0.1, 0.15) is 5.82 Å². The van der Waals surface area contributed by atoms with Crippen molar-refractivity contribution in [1.29, 1.82) is 0 Å². The maximum Gasteiger partial charge on any atom is 0.161 e. The summed E-state index contributed by atoms with van der Waals surface area (Å²) >= 11 is 5.92. The van der Waals surface area contributed by atoms with Gasteiger partial charge >= 0.3 is 0 Å². The molecule has 5 heteroatoms. The molecule has 20 heavy (non-hydrogen) atoms. The van der Waals surface area contributed by atoms with Crippen LogP contribution in [0.25, 0.3) is 0 Å². The molecule has 1 nitrogen and oxygen atoms in total. The van der Waals surface area contributed by atoms with Crippen molar-refractivity contribution in [2.75, 3.05) is 5.32 Å². The molecule has 1 N–H and O–H groups in total. The first kappa shape index (κ1) is 13.3. The van der Waals surface area contributed by atoms with E-state index in [4.69, 9.17) is 11.6 Å². The average Bonchev–Trinajstić information content (AvgIpc) is 2.77. The van der Waals surface area contributed by atoms with Crippen LogP contribution in [0.5, 0.6) is 0 Å². The minimum atomic E-state index is -1.19. The van der Waals surface area contributed by atoms with Crippen LogP contribution in [-0.4, -0.2) is 6.04 Å². The van der Waals surface area contributed by atoms with E-state index in [1.165, 1.54) is 0 Å². The third-order valence-corrected chi connectivity index (χ3v) is 3.71. The van der Waals surface area contributed by atoms with E-state index in [0.717, 1.165) is 17.2 Å². The zero-order valence-corrected chi connectivity index (χ0v) is 11.1. The van der Waals surface area contributed by atoms with Gasteiger partial charge in [-0.1, -0.05) is 17.7 Å². The predicted octanol–water partition coefficient (Wildman–Crippen LogP) is 4.34. The van der Waals surface area contributed by atoms with Gasteiger partial charge in [0.25, 0.3) is 0 Å². The average molecular weight is 298 g/mol. The second-order valence-electron chi connectivity index (χ2n) is 4.91. The summed E-state index contributed by atoms with van der Waals surface area (Å²) in [5, 5.41) is 3.57. The maximum atomic E-state index is 13.6. The Morgan fingerprint density at radius 3 is 2.40 bits per heavy atom. The van der Waals surface area contributed by atoms with E-state index in [9.17, 15) is 13.2 Å². The van der Waals surface area contributed by atoms with Crippen molar-refractivity contribution < 1.29 is 13.2 Å². The van der Waals surface area contributed by atoms with Crippen LogP contribution >= 0.6 is 11.6 Å². The van der Waals surface area contributed by atoms with Gasteiger partial charge in [0, 0.05) is 23.2 Å². The van der Waals surface area contributed by atoms with Gasteiger partial charge in [0.05, 0.1) is 5.69 Å². The first-order valence-electron chi connectivity index (χ1n) is 6.21. The molecular formula is C15H11ClF3N. The molecule has 2 aromatic rings. The summed E-state index contributed by atoms with van der Waals surface area (Å²) in [5.41, 5.74) is 2.21. The van der Waals surface area contributed by atoms with Gasteiger partial charge in [-0.3, -0.25) is 0 Å². The molecule has 104 valence electrons. The van der Waals surface area contributed by atoms with E-state index in [-0.39, 0.29) is 11.7 Å². The Kier molecular flexibility index (Phi) is 3.34. The number of rotatable bonds is 2. The number of anilines is 1. The summed E-state index contributed by atoms with van der Waals surface area (Å²) in [6, 6.07) is 6.96. The van der Waals surface area contributed by atoms with E-state index in [2.05, 4.69) is 5.32 Å². The van der Waals surface area contributed by atoms with Crippen LogP contribution in [0.3, 0.4) is 0 Å². The molecule has 0 radical (unpaired) electrons. The van der Waals surface area contributed by atoms with Crippen molar-refractivity contribution >= 4 is 17.3 Å². The third kappa shape index (κ3) is 2.48. The molecule has 0 heterocycles. The smallest absolute Gasteiger partial charge is 0.161 e. The lowest BCUT2D eigenvalue weighted by atomic mass is 10.1. The second-order valence-corrected chi connectivity index (χ2v) is 5.35. The van der Waals surface area contributed by atoms with Gasteiger partial charge in [-0.25, -0.2) is 13.2 Å². The quantitative estimate of drug-likeness (QED) is 0.813. The molecule has 0 spiro atoms. The van der Waals surface area contributed by atoms with Gasteiger partial charge in [-0.05, 0) is 36.1 Å². The first-order chi connectivity index (χ1) is 9.52. The number of hydrogen-bond donors (Lipinski definition) is 1. The lowest BCUT2D eigenvalue weighted by Gasteiger charge is -2.14. The fraction of sp³-hybridized carbons (Fsp3) is 0.200. The number of hydrogen-bond acceptors (Lipinski definition) is 1. The van der Waals surface area contributed by atoms with E-state index < -0.39 is 17.5 Å². The van der Waals surface area contributed by atoms with E-state index in [0.29, 0.717) is 23.9 Å². The molecule has 1 aliphatic rings. The van der Waals surface area contributed by atoms with E-state index in [1.807, 2.05) is 12.1 Å². The fourth-order valence-corrected chi connectivity index (χ4v) is 2.74. The van der Waals surface area contributed by atoms with Crippen molar-refractivity contribution in [2.24, 2.45) is 0 Å². The van der Waals surface area contributed by atoms with Crippen molar-refractivity contribution in [3.05, 3.63) is 63.9 Å². The highest BCUT2D eigenvalue weighted by atomic mass is 35.5. The zero-order valence-electron chi connectivity index (χ0n) is 10.4. The van der Waals surface area contributed by atoms with Crippen molar-refractivity contribution in [3.8, 4) is 0 Å². The predicted molar refractivity (Wildman–Crippen MR) is 72.6 cm³/mol. The topological polar surface area (TPSA) is 12.0 Å². The number of halogens is 4. The van der Waals surface area contributed by atoms with Gasteiger partial charge < -0.3 is 5.32 Å². The van der Waals surface area contributed by atoms with Crippen molar-refractivity contribution in [2.45, 2.75) is 18.9 Å². The fourth-order valence-electron chi connectivity index (χ4n) is 2.54. The van der Waals surface area contributed by atoms with Crippen LogP contribution in [0.2, 0.25) is 5.02 Å². The molecule has 1 aliphatic carbocycles. The normalized spacial score (nSPS) is 17.1. The van der Waals surface area contributed by atoms with Crippen LogP contribution in [0.1, 0.15) is 11.1 Å². The van der Waals surface area contributed by atoms with Crippen LogP contribution in [-0.2, 0) is 12.8 Å². The van der Waals surface area contributed by atoms with Crippen LogP contribution in [0.4, 0.5) is 18.9 Å². The molecule has 0 saturated carbocycles. The minimum absolute atomic E-state index is 0.0206. The van der Waals surface area contributed by atoms with Crippen molar-refractivity contribution in [3.63, 3.8) is 0 Å². The zero-order chi connectivity index (χ0) is 14.3. The van der Waals surface area contributed by atoms with Gasteiger partial charge in [0.15, 0.2) is 11.6 Å². The van der Waals surface area contributed by atoms with Crippen molar-refractivity contribution in [1.82, 2.24) is 0 Å². The highest BCUT2D eigenvalue weighted by Crippen LogP contribution is 2.28. The molecule has 0 aromatic heterocycles. The summed E-state index contributed by atoms with van der Waals surface area (Å²) in [4.78, 5) is 0. The molecule has 1 atom stereocenters. The number of fused-ring (bicyclic) bond motifs is 1. The molecule has 0 amide bonds. The Bertz CT molecular complexity index is 672. The Balaban J connectivity index is 1.80. The maximum absolute atomic E-state index is 13.6. The monoisotopic (exact) mass is 297 g/mol. The molecule has 2 aromatic carbocycles. The van der Waals surface area contributed by atoms with E-state index >= 15 is 0 Å². The Hall–Kier alpha value is -1.68. The largest absolute Gasteiger partial charge is 0.379 e. The summed E-state index contributed by atoms with van der Waals surface area (Å²) in [5.74, 6) is -3.04. The summed E-state index contributed by atoms with van der Waals surface area (Å²) in [6.07, 6.45) is 1.37. The Labute approximate surface area is 119 Å². The Morgan fingerprint density at radius 1 is 0.900 bits per heavy atom. The van der Waals surface area contributed by atoms with Crippen LogP contribution < -0.4 is 5.32 Å². The second kappa shape index (κ2) is 5.02.